The second-order valence-electron chi connectivity index (χ2n) is 5.56. The van der Waals surface area contributed by atoms with Gasteiger partial charge in [0.05, 0.1) is 12.3 Å². The first-order chi connectivity index (χ1) is 11.7. The van der Waals surface area contributed by atoms with Crippen LogP contribution in [0, 0.1) is 0 Å². The van der Waals surface area contributed by atoms with Crippen molar-refractivity contribution in [1.29, 1.82) is 0 Å². The highest BCUT2D eigenvalue weighted by atomic mass is 16.5. The Bertz CT molecular complexity index is 685. The number of carbonyl (C=O) groups is 1. The summed E-state index contributed by atoms with van der Waals surface area (Å²) in [5.41, 5.74) is 1.54. The second kappa shape index (κ2) is 7.69. The molecule has 0 radical (unpaired) electrons. The van der Waals surface area contributed by atoms with Gasteiger partial charge >= 0.3 is 0 Å². The van der Waals surface area contributed by atoms with Gasteiger partial charge in [-0.2, -0.15) is 10.1 Å². The molecule has 2 heterocycles. The van der Waals surface area contributed by atoms with Crippen molar-refractivity contribution in [3.05, 3.63) is 30.5 Å². The SMILES string of the molecule is CC(=O)Nc1ccc(Nc2nncc(NCC3CCCO3)n2)cc1. The molecule has 1 amide bonds. The minimum absolute atomic E-state index is 0.103. The summed E-state index contributed by atoms with van der Waals surface area (Å²) in [7, 11) is 0. The van der Waals surface area contributed by atoms with E-state index in [0.717, 1.165) is 30.8 Å². The van der Waals surface area contributed by atoms with Crippen molar-refractivity contribution in [1.82, 2.24) is 15.2 Å². The van der Waals surface area contributed by atoms with E-state index in [4.69, 9.17) is 4.74 Å². The van der Waals surface area contributed by atoms with Gasteiger partial charge in [0.15, 0.2) is 5.82 Å². The molecule has 1 atom stereocenters. The third-order valence-electron chi connectivity index (χ3n) is 3.56. The van der Waals surface area contributed by atoms with Gasteiger partial charge in [-0.3, -0.25) is 4.79 Å². The molecule has 8 heteroatoms. The summed E-state index contributed by atoms with van der Waals surface area (Å²) >= 11 is 0. The lowest BCUT2D eigenvalue weighted by Gasteiger charge is -2.11. The fourth-order valence-corrected chi connectivity index (χ4v) is 2.43. The average molecular weight is 328 g/mol. The monoisotopic (exact) mass is 328 g/mol. The third-order valence-corrected chi connectivity index (χ3v) is 3.56. The number of nitrogens with one attached hydrogen (secondary N) is 3. The Morgan fingerprint density at radius 3 is 2.79 bits per heavy atom. The number of carbonyl (C=O) groups excluding carboxylic acids is 1. The molecule has 3 N–H and O–H groups in total. The van der Waals surface area contributed by atoms with Crippen LogP contribution >= 0.6 is 0 Å². The quantitative estimate of drug-likeness (QED) is 0.747. The van der Waals surface area contributed by atoms with Crippen molar-refractivity contribution in [2.24, 2.45) is 0 Å². The zero-order valence-corrected chi connectivity index (χ0v) is 13.5. The predicted molar refractivity (Wildman–Crippen MR) is 91.3 cm³/mol. The Labute approximate surface area is 140 Å². The molecule has 0 bridgehead atoms. The topological polar surface area (TPSA) is 101 Å². The molecule has 1 fully saturated rings. The maximum Gasteiger partial charge on any atom is 0.249 e. The summed E-state index contributed by atoms with van der Waals surface area (Å²) < 4.78 is 5.57. The molecule has 0 saturated carbocycles. The Morgan fingerprint density at radius 2 is 2.08 bits per heavy atom. The largest absolute Gasteiger partial charge is 0.376 e. The van der Waals surface area contributed by atoms with E-state index in [9.17, 15) is 4.79 Å². The zero-order chi connectivity index (χ0) is 16.8. The summed E-state index contributed by atoms with van der Waals surface area (Å²) in [5.74, 6) is 0.950. The molecular weight excluding hydrogens is 308 g/mol. The average Bonchev–Trinajstić information content (AvgIpc) is 3.08. The Hall–Kier alpha value is -2.74. The van der Waals surface area contributed by atoms with Gasteiger partial charge in [0.2, 0.25) is 11.9 Å². The van der Waals surface area contributed by atoms with Crippen LogP contribution in [0.2, 0.25) is 0 Å². The molecule has 1 saturated heterocycles. The molecule has 0 spiro atoms. The number of nitrogens with zero attached hydrogens (tertiary/aromatic N) is 3. The van der Waals surface area contributed by atoms with E-state index in [1.165, 1.54) is 6.92 Å². The van der Waals surface area contributed by atoms with Crippen LogP contribution in [0.1, 0.15) is 19.8 Å². The molecule has 1 aromatic heterocycles. The zero-order valence-electron chi connectivity index (χ0n) is 13.5. The lowest BCUT2D eigenvalue weighted by atomic mass is 10.2. The van der Waals surface area contributed by atoms with Crippen LogP contribution in [0.4, 0.5) is 23.1 Å². The number of rotatable bonds is 6. The summed E-state index contributed by atoms with van der Waals surface area (Å²) in [6.07, 6.45) is 3.99. The molecule has 126 valence electrons. The van der Waals surface area contributed by atoms with Crippen molar-refractivity contribution in [2.75, 3.05) is 29.1 Å². The fourth-order valence-electron chi connectivity index (χ4n) is 2.43. The number of hydrogen-bond acceptors (Lipinski definition) is 7. The van der Waals surface area contributed by atoms with Gasteiger partial charge in [-0.15, -0.1) is 5.10 Å². The van der Waals surface area contributed by atoms with E-state index in [2.05, 4.69) is 31.1 Å². The second-order valence-corrected chi connectivity index (χ2v) is 5.56. The molecule has 3 rings (SSSR count). The van der Waals surface area contributed by atoms with Gasteiger partial charge < -0.3 is 20.7 Å². The first-order valence-electron chi connectivity index (χ1n) is 7.89. The van der Waals surface area contributed by atoms with Crippen molar-refractivity contribution in [3.63, 3.8) is 0 Å². The molecular formula is C16H20N6O2. The summed E-state index contributed by atoms with van der Waals surface area (Å²) in [4.78, 5) is 15.4. The number of benzene rings is 1. The highest BCUT2D eigenvalue weighted by molar-refractivity contribution is 5.88. The maximum absolute atomic E-state index is 11.0. The van der Waals surface area contributed by atoms with Gasteiger partial charge in [0.25, 0.3) is 0 Å². The first-order valence-corrected chi connectivity index (χ1v) is 7.89. The number of ether oxygens (including phenoxy) is 1. The summed E-state index contributed by atoms with van der Waals surface area (Å²) in [5, 5.41) is 16.9. The smallest absolute Gasteiger partial charge is 0.249 e. The Morgan fingerprint density at radius 1 is 1.29 bits per heavy atom. The van der Waals surface area contributed by atoms with Gasteiger partial charge in [0.1, 0.15) is 0 Å². The predicted octanol–water partition coefficient (Wildman–Crippen LogP) is 2.16. The lowest BCUT2D eigenvalue weighted by Crippen LogP contribution is -2.19. The van der Waals surface area contributed by atoms with Crippen LogP contribution in [0.15, 0.2) is 30.5 Å². The van der Waals surface area contributed by atoms with E-state index >= 15 is 0 Å². The lowest BCUT2D eigenvalue weighted by molar-refractivity contribution is -0.114. The van der Waals surface area contributed by atoms with E-state index in [0.29, 0.717) is 18.3 Å². The number of anilines is 4. The van der Waals surface area contributed by atoms with Gasteiger partial charge in [-0.05, 0) is 37.1 Å². The van der Waals surface area contributed by atoms with Crippen LogP contribution in [0.5, 0.6) is 0 Å². The van der Waals surface area contributed by atoms with Gasteiger partial charge in [-0.1, -0.05) is 0 Å². The van der Waals surface area contributed by atoms with Gasteiger partial charge in [-0.25, -0.2) is 0 Å². The first kappa shape index (κ1) is 16.1. The molecule has 2 aromatic rings. The molecule has 1 aliphatic rings. The normalized spacial score (nSPS) is 16.6. The number of amides is 1. The van der Waals surface area contributed by atoms with Crippen molar-refractivity contribution < 1.29 is 9.53 Å². The van der Waals surface area contributed by atoms with Crippen molar-refractivity contribution in [2.45, 2.75) is 25.9 Å². The standard InChI is InChI=1S/C16H20N6O2/c1-11(23)19-12-4-6-13(7-5-12)20-16-21-15(10-18-22-16)17-9-14-3-2-8-24-14/h4-7,10,14H,2-3,8-9H2,1H3,(H,19,23)(H2,17,20,21,22). The molecule has 0 aliphatic carbocycles. The van der Waals surface area contributed by atoms with Crippen LogP contribution in [0.3, 0.4) is 0 Å². The molecule has 8 nitrogen and oxygen atoms in total. The molecule has 1 aromatic carbocycles. The van der Waals surface area contributed by atoms with Crippen LogP contribution in [0.25, 0.3) is 0 Å². The van der Waals surface area contributed by atoms with Gasteiger partial charge in [0, 0.05) is 31.5 Å². The fraction of sp³-hybridized carbons (Fsp3) is 0.375. The summed E-state index contributed by atoms with van der Waals surface area (Å²) in [6, 6.07) is 7.27. The highest BCUT2D eigenvalue weighted by Crippen LogP contribution is 2.17. The number of hydrogen-bond donors (Lipinski definition) is 3. The third kappa shape index (κ3) is 4.63. The molecule has 1 aliphatic heterocycles. The summed E-state index contributed by atoms with van der Waals surface area (Å²) in [6.45, 7) is 3.01. The minimum atomic E-state index is -0.103. The van der Waals surface area contributed by atoms with Crippen molar-refractivity contribution >= 4 is 29.0 Å². The van der Waals surface area contributed by atoms with E-state index in [1.54, 1.807) is 18.3 Å². The van der Waals surface area contributed by atoms with Crippen molar-refractivity contribution in [3.8, 4) is 0 Å². The maximum atomic E-state index is 11.0. The van der Waals surface area contributed by atoms with Crippen LogP contribution < -0.4 is 16.0 Å². The minimum Gasteiger partial charge on any atom is -0.376 e. The van der Waals surface area contributed by atoms with Crippen LogP contribution in [-0.2, 0) is 9.53 Å². The highest BCUT2D eigenvalue weighted by Gasteiger charge is 2.15. The number of aromatic nitrogens is 3. The molecule has 1 unspecified atom stereocenters. The van der Waals surface area contributed by atoms with Crippen LogP contribution in [-0.4, -0.2) is 40.3 Å². The molecule has 24 heavy (non-hydrogen) atoms. The van der Waals surface area contributed by atoms with E-state index in [-0.39, 0.29) is 12.0 Å². The Balaban J connectivity index is 1.58. The van der Waals surface area contributed by atoms with E-state index in [1.807, 2.05) is 12.1 Å². The van der Waals surface area contributed by atoms with E-state index < -0.39 is 0 Å². The Kier molecular flexibility index (Phi) is 5.17.